The highest BCUT2D eigenvalue weighted by Gasteiger charge is 2.18. The van der Waals surface area contributed by atoms with Crippen molar-refractivity contribution >= 4 is 0 Å². The van der Waals surface area contributed by atoms with Gasteiger partial charge in [0.25, 0.3) is 0 Å². The van der Waals surface area contributed by atoms with E-state index in [1.807, 2.05) is 60.7 Å². The van der Waals surface area contributed by atoms with Crippen molar-refractivity contribution in [2.24, 2.45) is 0 Å². The summed E-state index contributed by atoms with van der Waals surface area (Å²) in [7, 11) is 0. The van der Waals surface area contributed by atoms with Gasteiger partial charge in [0, 0.05) is 131 Å². The van der Waals surface area contributed by atoms with Crippen LogP contribution in [0.1, 0.15) is 23.3 Å². The van der Waals surface area contributed by atoms with E-state index in [4.69, 9.17) is 0 Å². The Balaban J connectivity index is 1.42. The van der Waals surface area contributed by atoms with E-state index in [9.17, 15) is 10.2 Å². The standard InChI is InChI=1S/C34H58N8O2/c43-33(31-7-3-1-4-8-31)29-41-23-17-37-15-22-40-20-14-36-12-11-35-13-19-39(25-27-41)21-16-38-18-24-42(28-26-40)30-34(44)32-9-5-2-6-10-32/h1-10,33-38,43-44H,11-30H2. The summed E-state index contributed by atoms with van der Waals surface area (Å²) < 4.78 is 0. The van der Waals surface area contributed by atoms with Crippen molar-refractivity contribution < 1.29 is 10.2 Å². The fourth-order valence-corrected chi connectivity index (χ4v) is 5.98. The van der Waals surface area contributed by atoms with Crippen LogP contribution in [-0.4, -0.2) is 161 Å². The molecule has 5 rings (SSSR count). The third-order valence-electron chi connectivity index (χ3n) is 8.80. The molecule has 6 N–H and O–H groups in total. The van der Waals surface area contributed by atoms with Crippen LogP contribution in [0.2, 0.25) is 0 Å². The van der Waals surface area contributed by atoms with Crippen molar-refractivity contribution in [2.75, 3.05) is 131 Å². The van der Waals surface area contributed by atoms with Crippen LogP contribution in [0, 0.1) is 0 Å². The summed E-state index contributed by atoms with van der Waals surface area (Å²) in [5.74, 6) is 0. The maximum Gasteiger partial charge on any atom is 0.0916 e. The lowest BCUT2D eigenvalue weighted by Gasteiger charge is -2.31. The first-order valence-corrected chi connectivity index (χ1v) is 16.9. The Bertz CT molecular complexity index is 908. The van der Waals surface area contributed by atoms with Gasteiger partial charge in [0.1, 0.15) is 0 Å². The number of rotatable bonds is 6. The summed E-state index contributed by atoms with van der Waals surface area (Å²) in [5.41, 5.74) is 1.96. The molecule has 0 aliphatic carbocycles. The molecule has 0 aromatic heterocycles. The van der Waals surface area contributed by atoms with E-state index in [0.717, 1.165) is 129 Å². The lowest BCUT2D eigenvalue weighted by atomic mass is 10.1. The Morgan fingerprint density at radius 1 is 0.432 bits per heavy atom. The highest BCUT2D eigenvalue weighted by Crippen LogP contribution is 2.15. The Kier molecular flexibility index (Phi) is 16.6. The van der Waals surface area contributed by atoms with Gasteiger partial charge < -0.3 is 31.5 Å². The number of fused-ring (bicyclic) bond motifs is 21. The summed E-state index contributed by atoms with van der Waals surface area (Å²) in [5, 5.41) is 36.7. The first-order chi connectivity index (χ1) is 21.7. The maximum absolute atomic E-state index is 11.0. The zero-order valence-corrected chi connectivity index (χ0v) is 26.8. The van der Waals surface area contributed by atoms with E-state index in [2.05, 4.69) is 40.9 Å². The molecule has 3 aliphatic rings. The minimum atomic E-state index is -0.491. The number of aliphatic hydroxyl groups is 2. The van der Waals surface area contributed by atoms with Gasteiger partial charge in [-0.3, -0.25) is 19.6 Å². The monoisotopic (exact) mass is 610 g/mol. The molecule has 4 atom stereocenters. The molecule has 2 aromatic carbocycles. The zero-order chi connectivity index (χ0) is 30.7. The van der Waals surface area contributed by atoms with E-state index < -0.39 is 12.2 Å². The van der Waals surface area contributed by atoms with Gasteiger partial charge in [-0.2, -0.15) is 0 Å². The highest BCUT2D eigenvalue weighted by atomic mass is 16.3. The molecule has 2 aromatic rings. The first kappa shape index (κ1) is 34.9. The van der Waals surface area contributed by atoms with Gasteiger partial charge in [-0.25, -0.2) is 0 Å². The van der Waals surface area contributed by atoms with Crippen molar-refractivity contribution in [3.05, 3.63) is 71.8 Å². The second kappa shape index (κ2) is 21.0. The molecule has 4 unspecified atom stereocenters. The third kappa shape index (κ3) is 13.6. The predicted octanol–water partition coefficient (Wildman–Crippen LogP) is 0.0472. The van der Waals surface area contributed by atoms with Crippen molar-refractivity contribution in [3.63, 3.8) is 0 Å². The summed E-state index contributed by atoms with van der Waals surface area (Å²) in [6.45, 7) is 18.3. The van der Waals surface area contributed by atoms with Gasteiger partial charge in [-0.05, 0) is 11.1 Å². The van der Waals surface area contributed by atoms with Gasteiger partial charge >= 0.3 is 0 Å². The lowest BCUT2D eigenvalue weighted by molar-refractivity contribution is 0.100. The van der Waals surface area contributed by atoms with Gasteiger partial charge in [-0.1, -0.05) is 60.7 Å². The van der Waals surface area contributed by atoms with Crippen LogP contribution in [0.25, 0.3) is 0 Å². The second-order valence-corrected chi connectivity index (χ2v) is 12.1. The number of hydrogen-bond donors (Lipinski definition) is 6. The van der Waals surface area contributed by atoms with Gasteiger partial charge in [-0.15, -0.1) is 0 Å². The molecule has 246 valence electrons. The third-order valence-corrected chi connectivity index (χ3v) is 8.80. The molecule has 3 saturated heterocycles. The van der Waals surface area contributed by atoms with Crippen LogP contribution in [0.4, 0.5) is 0 Å². The number of nitrogens with zero attached hydrogens (tertiary/aromatic N) is 4. The normalized spacial score (nSPS) is 25.1. The lowest BCUT2D eigenvalue weighted by Crippen LogP contribution is -2.47. The fraction of sp³-hybridized carbons (Fsp3) is 0.647. The molecule has 0 radical (unpaired) electrons. The zero-order valence-electron chi connectivity index (χ0n) is 26.8. The molecular formula is C34H58N8O2. The topological polar surface area (TPSA) is 102 Å². The number of aliphatic hydroxyl groups excluding tert-OH is 2. The van der Waals surface area contributed by atoms with Crippen LogP contribution in [0.3, 0.4) is 0 Å². The number of benzene rings is 2. The molecule has 0 spiro atoms. The van der Waals surface area contributed by atoms with Gasteiger partial charge in [0.05, 0.1) is 12.2 Å². The largest absolute Gasteiger partial charge is 0.387 e. The second-order valence-electron chi connectivity index (χ2n) is 12.1. The average molecular weight is 611 g/mol. The molecule has 3 fully saturated rings. The molecule has 3 aliphatic heterocycles. The van der Waals surface area contributed by atoms with E-state index in [0.29, 0.717) is 13.1 Å². The van der Waals surface area contributed by atoms with Crippen molar-refractivity contribution in [2.45, 2.75) is 12.2 Å². The number of nitrogens with one attached hydrogen (secondary N) is 4. The molecular weight excluding hydrogens is 552 g/mol. The molecule has 3 heterocycles. The van der Waals surface area contributed by atoms with Crippen LogP contribution >= 0.6 is 0 Å². The minimum Gasteiger partial charge on any atom is -0.387 e. The molecule has 2 bridgehead atoms. The number of hydrogen-bond acceptors (Lipinski definition) is 10. The first-order valence-electron chi connectivity index (χ1n) is 16.9. The quantitative estimate of drug-likeness (QED) is 0.269. The van der Waals surface area contributed by atoms with Crippen LogP contribution in [0.5, 0.6) is 0 Å². The highest BCUT2D eigenvalue weighted by molar-refractivity contribution is 5.18. The van der Waals surface area contributed by atoms with Crippen LogP contribution < -0.4 is 21.3 Å². The summed E-state index contributed by atoms with van der Waals surface area (Å²) in [4.78, 5) is 9.93. The van der Waals surface area contributed by atoms with Crippen molar-refractivity contribution in [1.82, 2.24) is 40.9 Å². The SMILES string of the molecule is OC(CN1CCNCCN2CCNCCNCCN(CCNCCN(CC(O)c3ccccc3)CC2)CC1)c1ccccc1. The molecule has 0 saturated carbocycles. The predicted molar refractivity (Wildman–Crippen MR) is 180 cm³/mol. The molecule has 44 heavy (non-hydrogen) atoms. The summed E-state index contributed by atoms with van der Waals surface area (Å²) >= 11 is 0. The summed E-state index contributed by atoms with van der Waals surface area (Å²) in [6, 6.07) is 20.1. The fourth-order valence-electron chi connectivity index (χ4n) is 5.98. The Morgan fingerprint density at radius 3 is 1.16 bits per heavy atom. The molecule has 10 nitrogen and oxygen atoms in total. The minimum absolute atomic E-state index is 0.491. The van der Waals surface area contributed by atoms with E-state index in [1.165, 1.54) is 0 Å². The Labute approximate surface area is 265 Å². The average Bonchev–Trinajstić information content (AvgIpc) is 3.05. The van der Waals surface area contributed by atoms with Crippen molar-refractivity contribution in [3.8, 4) is 0 Å². The molecule has 0 amide bonds. The van der Waals surface area contributed by atoms with E-state index >= 15 is 0 Å². The van der Waals surface area contributed by atoms with E-state index in [-0.39, 0.29) is 0 Å². The van der Waals surface area contributed by atoms with Crippen molar-refractivity contribution in [1.29, 1.82) is 0 Å². The molecule has 10 heteroatoms. The van der Waals surface area contributed by atoms with Gasteiger partial charge in [0.15, 0.2) is 0 Å². The van der Waals surface area contributed by atoms with Crippen LogP contribution in [-0.2, 0) is 0 Å². The van der Waals surface area contributed by atoms with E-state index in [1.54, 1.807) is 0 Å². The maximum atomic E-state index is 11.0. The Hall–Kier alpha value is -1.96. The summed E-state index contributed by atoms with van der Waals surface area (Å²) in [6.07, 6.45) is -0.981. The Morgan fingerprint density at radius 2 is 0.773 bits per heavy atom. The smallest absolute Gasteiger partial charge is 0.0916 e. The van der Waals surface area contributed by atoms with Gasteiger partial charge in [0.2, 0.25) is 0 Å². The van der Waals surface area contributed by atoms with Crippen LogP contribution in [0.15, 0.2) is 60.7 Å².